The second-order valence-electron chi connectivity index (χ2n) is 6.18. The Labute approximate surface area is 147 Å². The van der Waals surface area contributed by atoms with Crippen molar-refractivity contribution >= 4 is 16.9 Å². The molecular weight excluding hydrogens is 314 g/mol. The summed E-state index contributed by atoms with van der Waals surface area (Å²) in [4.78, 5) is 22.1. The van der Waals surface area contributed by atoms with Crippen LogP contribution in [0.2, 0.25) is 0 Å². The predicted molar refractivity (Wildman–Crippen MR) is 98.1 cm³/mol. The molecule has 3 aromatic rings. The number of aromatic amines is 1. The lowest BCUT2D eigenvalue weighted by molar-refractivity contribution is -0.132. The molecule has 0 fully saturated rings. The van der Waals surface area contributed by atoms with Gasteiger partial charge in [0.25, 0.3) is 0 Å². The highest BCUT2D eigenvalue weighted by Gasteiger charge is 2.15. The third-order valence-electron chi connectivity index (χ3n) is 4.28. The van der Waals surface area contributed by atoms with Gasteiger partial charge in [0.2, 0.25) is 5.91 Å². The maximum atomic E-state index is 12.6. The molecule has 3 rings (SSSR count). The number of nitrogens with zero attached hydrogens (tertiary/aromatic N) is 2. The number of carbonyl (C=O) groups excluding carboxylic acids is 1. The highest BCUT2D eigenvalue weighted by Crippen LogP contribution is 2.16. The molecule has 0 aliphatic carbocycles. The molecule has 0 bridgehead atoms. The minimum absolute atomic E-state index is 0.0232. The minimum Gasteiger partial charge on any atom is -0.395 e. The molecule has 130 valence electrons. The van der Waals surface area contributed by atoms with Crippen LogP contribution in [-0.4, -0.2) is 39.0 Å². The molecule has 0 saturated carbocycles. The first-order valence-corrected chi connectivity index (χ1v) is 8.54. The Morgan fingerprint density at radius 3 is 2.68 bits per heavy atom. The summed E-state index contributed by atoms with van der Waals surface area (Å²) >= 11 is 0. The standard InChI is InChI=1S/C20H23N3O2/c1-15-6-5-9-17-20(15)22-18(21-17)10-11-19(25)23(12-13-24)14-16-7-3-2-4-8-16/h2-9,24H,10-14H2,1H3,(H,21,22). The second-order valence-corrected chi connectivity index (χ2v) is 6.18. The first-order valence-electron chi connectivity index (χ1n) is 8.54. The summed E-state index contributed by atoms with van der Waals surface area (Å²) in [7, 11) is 0. The van der Waals surface area contributed by atoms with Gasteiger partial charge in [-0.15, -0.1) is 0 Å². The Balaban J connectivity index is 1.65. The third-order valence-corrected chi connectivity index (χ3v) is 4.28. The Morgan fingerprint density at radius 2 is 1.96 bits per heavy atom. The molecule has 0 spiro atoms. The fraction of sp³-hybridized carbons (Fsp3) is 0.300. The van der Waals surface area contributed by atoms with Crippen LogP contribution in [-0.2, 0) is 17.8 Å². The van der Waals surface area contributed by atoms with E-state index in [0.29, 0.717) is 25.9 Å². The van der Waals surface area contributed by atoms with Crippen LogP contribution in [0.1, 0.15) is 23.4 Å². The summed E-state index contributed by atoms with van der Waals surface area (Å²) in [5.74, 6) is 0.844. The van der Waals surface area contributed by atoms with E-state index in [1.54, 1.807) is 4.90 Å². The van der Waals surface area contributed by atoms with Crippen LogP contribution in [0.25, 0.3) is 11.0 Å². The van der Waals surface area contributed by atoms with Gasteiger partial charge >= 0.3 is 0 Å². The number of aromatic nitrogens is 2. The van der Waals surface area contributed by atoms with E-state index in [1.165, 1.54) is 0 Å². The van der Waals surface area contributed by atoms with Gasteiger partial charge in [0, 0.05) is 25.9 Å². The monoisotopic (exact) mass is 337 g/mol. The number of rotatable bonds is 7. The zero-order valence-corrected chi connectivity index (χ0v) is 14.4. The molecule has 0 radical (unpaired) electrons. The van der Waals surface area contributed by atoms with Gasteiger partial charge < -0.3 is 15.0 Å². The van der Waals surface area contributed by atoms with Gasteiger partial charge in [-0.2, -0.15) is 0 Å². The predicted octanol–water partition coefficient (Wildman–Crippen LogP) is 2.83. The van der Waals surface area contributed by atoms with E-state index in [4.69, 9.17) is 0 Å². The van der Waals surface area contributed by atoms with E-state index >= 15 is 0 Å². The molecule has 0 atom stereocenters. The molecule has 2 aromatic carbocycles. The van der Waals surface area contributed by atoms with Crippen LogP contribution < -0.4 is 0 Å². The fourth-order valence-electron chi connectivity index (χ4n) is 2.94. The molecule has 1 amide bonds. The molecule has 0 aliphatic heterocycles. The summed E-state index contributed by atoms with van der Waals surface area (Å²) in [6.45, 7) is 2.84. The molecule has 1 aromatic heterocycles. The van der Waals surface area contributed by atoms with E-state index in [1.807, 2.05) is 55.5 Å². The number of hydrogen-bond donors (Lipinski definition) is 2. The van der Waals surface area contributed by atoms with E-state index in [0.717, 1.165) is 28.0 Å². The van der Waals surface area contributed by atoms with Gasteiger partial charge in [0.05, 0.1) is 17.6 Å². The van der Waals surface area contributed by atoms with Gasteiger partial charge in [0.15, 0.2) is 0 Å². The lowest BCUT2D eigenvalue weighted by atomic mass is 10.2. The molecule has 5 nitrogen and oxygen atoms in total. The number of para-hydroxylation sites is 1. The summed E-state index contributed by atoms with van der Waals surface area (Å²) in [6.07, 6.45) is 0.926. The van der Waals surface area contributed by atoms with Crippen LogP contribution in [0.5, 0.6) is 0 Å². The molecule has 0 saturated heterocycles. The van der Waals surface area contributed by atoms with Crippen molar-refractivity contribution in [3.05, 3.63) is 65.5 Å². The zero-order valence-electron chi connectivity index (χ0n) is 14.4. The highest BCUT2D eigenvalue weighted by molar-refractivity contribution is 5.79. The van der Waals surface area contributed by atoms with Crippen molar-refractivity contribution in [2.24, 2.45) is 0 Å². The van der Waals surface area contributed by atoms with Crippen molar-refractivity contribution in [3.63, 3.8) is 0 Å². The van der Waals surface area contributed by atoms with Gasteiger partial charge in [0.1, 0.15) is 5.82 Å². The molecule has 5 heteroatoms. The number of hydrogen-bond acceptors (Lipinski definition) is 3. The second kappa shape index (κ2) is 7.94. The highest BCUT2D eigenvalue weighted by atomic mass is 16.3. The Hall–Kier alpha value is -2.66. The van der Waals surface area contributed by atoms with E-state index in [9.17, 15) is 9.90 Å². The van der Waals surface area contributed by atoms with E-state index in [2.05, 4.69) is 9.97 Å². The van der Waals surface area contributed by atoms with E-state index in [-0.39, 0.29) is 12.5 Å². The number of imidazole rings is 1. The van der Waals surface area contributed by atoms with Crippen LogP contribution in [0.4, 0.5) is 0 Å². The maximum absolute atomic E-state index is 12.6. The first-order chi connectivity index (χ1) is 12.2. The Bertz CT molecular complexity index is 843. The van der Waals surface area contributed by atoms with Gasteiger partial charge in [-0.05, 0) is 24.1 Å². The molecule has 2 N–H and O–H groups in total. The lowest BCUT2D eigenvalue weighted by Crippen LogP contribution is -2.33. The number of H-pyrrole nitrogens is 1. The minimum atomic E-state index is -0.0393. The van der Waals surface area contributed by atoms with Crippen molar-refractivity contribution < 1.29 is 9.90 Å². The quantitative estimate of drug-likeness (QED) is 0.696. The summed E-state index contributed by atoms with van der Waals surface area (Å²) in [5, 5.41) is 9.26. The van der Waals surface area contributed by atoms with Crippen molar-refractivity contribution in [2.75, 3.05) is 13.2 Å². The molecule has 1 heterocycles. The van der Waals surface area contributed by atoms with Gasteiger partial charge in [-0.3, -0.25) is 4.79 Å². The lowest BCUT2D eigenvalue weighted by Gasteiger charge is -2.21. The number of carbonyl (C=O) groups is 1. The average molecular weight is 337 g/mol. The number of aliphatic hydroxyl groups excluding tert-OH is 1. The molecule has 0 unspecified atom stereocenters. The van der Waals surface area contributed by atoms with Crippen molar-refractivity contribution in [1.82, 2.24) is 14.9 Å². The SMILES string of the molecule is Cc1cccc2[nH]c(CCC(=O)N(CCO)Cc3ccccc3)nc12. The maximum Gasteiger partial charge on any atom is 0.223 e. The van der Waals surface area contributed by atoms with Crippen molar-refractivity contribution in [3.8, 4) is 0 Å². The van der Waals surface area contributed by atoms with E-state index < -0.39 is 0 Å². The summed E-state index contributed by atoms with van der Waals surface area (Å²) in [6, 6.07) is 15.8. The molecular formula is C20H23N3O2. The third kappa shape index (κ3) is 4.25. The summed E-state index contributed by atoms with van der Waals surface area (Å²) < 4.78 is 0. The number of nitrogens with one attached hydrogen (secondary N) is 1. The van der Waals surface area contributed by atoms with Gasteiger partial charge in [-0.1, -0.05) is 42.5 Å². The van der Waals surface area contributed by atoms with Crippen LogP contribution in [0.3, 0.4) is 0 Å². The van der Waals surface area contributed by atoms with Crippen molar-refractivity contribution in [1.29, 1.82) is 0 Å². The van der Waals surface area contributed by atoms with Crippen LogP contribution in [0.15, 0.2) is 48.5 Å². The topological polar surface area (TPSA) is 69.2 Å². The smallest absolute Gasteiger partial charge is 0.223 e. The average Bonchev–Trinajstić information content (AvgIpc) is 3.05. The number of aliphatic hydroxyl groups is 1. The van der Waals surface area contributed by atoms with Crippen LogP contribution in [0, 0.1) is 6.92 Å². The zero-order chi connectivity index (χ0) is 17.6. The number of amides is 1. The Morgan fingerprint density at radius 1 is 1.16 bits per heavy atom. The summed E-state index contributed by atoms with van der Waals surface area (Å²) in [5.41, 5.74) is 4.14. The van der Waals surface area contributed by atoms with Gasteiger partial charge in [-0.25, -0.2) is 4.98 Å². The van der Waals surface area contributed by atoms with Crippen LogP contribution >= 0.6 is 0 Å². The number of benzene rings is 2. The van der Waals surface area contributed by atoms with Crippen molar-refractivity contribution in [2.45, 2.75) is 26.3 Å². The number of aryl methyl sites for hydroxylation is 2. The largest absolute Gasteiger partial charge is 0.395 e. The Kier molecular flexibility index (Phi) is 5.46. The molecule has 25 heavy (non-hydrogen) atoms. The molecule has 0 aliphatic rings. The fourth-order valence-corrected chi connectivity index (χ4v) is 2.94. The first kappa shape index (κ1) is 17.2. The normalized spacial score (nSPS) is 11.0. The number of fused-ring (bicyclic) bond motifs is 1.